The summed E-state index contributed by atoms with van der Waals surface area (Å²) in [6.45, 7) is -0.878. The molecule has 1 heterocycles. The molecule has 2 aromatic rings. The molecule has 0 saturated heterocycles. The van der Waals surface area contributed by atoms with Crippen LogP contribution in [-0.2, 0) is 6.54 Å². The van der Waals surface area contributed by atoms with E-state index in [2.05, 4.69) is 15.0 Å². The van der Waals surface area contributed by atoms with Crippen LogP contribution in [0.5, 0.6) is 11.5 Å². The van der Waals surface area contributed by atoms with E-state index < -0.39 is 6.61 Å². The number of hydrogen-bond donors (Lipinski definition) is 2. The van der Waals surface area contributed by atoms with Gasteiger partial charge in [0.15, 0.2) is 0 Å². The summed E-state index contributed by atoms with van der Waals surface area (Å²) in [5, 5.41) is 12.6. The number of para-hydroxylation sites is 2. The van der Waals surface area contributed by atoms with E-state index in [1.165, 1.54) is 6.07 Å². The summed E-state index contributed by atoms with van der Waals surface area (Å²) in [4.78, 5) is 4.18. The zero-order chi connectivity index (χ0) is 14.5. The van der Waals surface area contributed by atoms with Crippen molar-refractivity contribution in [1.82, 2.24) is 4.98 Å². The molecule has 0 aliphatic rings. The number of benzene rings is 1. The van der Waals surface area contributed by atoms with Gasteiger partial charge in [0, 0.05) is 5.69 Å². The predicted octanol–water partition coefficient (Wildman–Crippen LogP) is 3.31. The molecule has 2 rings (SSSR count). The van der Waals surface area contributed by atoms with Crippen molar-refractivity contribution < 1.29 is 18.6 Å². The number of hydrogen-bond acceptors (Lipinski definition) is 4. The Kier molecular flexibility index (Phi) is 4.34. The van der Waals surface area contributed by atoms with E-state index in [0.717, 1.165) is 5.69 Å². The van der Waals surface area contributed by atoms with E-state index in [1.54, 1.807) is 37.3 Å². The van der Waals surface area contributed by atoms with Gasteiger partial charge in [-0.05, 0) is 31.2 Å². The fourth-order valence-corrected chi connectivity index (χ4v) is 1.72. The number of anilines is 1. The highest BCUT2D eigenvalue weighted by atomic mass is 19.3. The van der Waals surface area contributed by atoms with Crippen LogP contribution in [0, 0.1) is 6.92 Å². The van der Waals surface area contributed by atoms with Gasteiger partial charge >= 0.3 is 6.61 Å². The second-order valence-electron chi connectivity index (χ2n) is 4.15. The summed E-state index contributed by atoms with van der Waals surface area (Å²) in [5.74, 6) is 0.102. The van der Waals surface area contributed by atoms with Gasteiger partial charge in [-0.25, -0.2) is 0 Å². The minimum Gasteiger partial charge on any atom is -0.506 e. The number of halogens is 2. The molecule has 0 radical (unpaired) electrons. The number of aromatic nitrogens is 1. The quantitative estimate of drug-likeness (QED) is 0.882. The smallest absolute Gasteiger partial charge is 0.387 e. The van der Waals surface area contributed by atoms with E-state index in [0.29, 0.717) is 11.4 Å². The van der Waals surface area contributed by atoms with Crippen molar-refractivity contribution in [2.24, 2.45) is 0 Å². The Morgan fingerprint density at radius 1 is 1.25 bits per heavy atom. The minimum atomic E-state index is -2.89. The third-order valence-corrected chi connectivity index (χ3v) is 2.64. The first kappa shape index (κ1) is 14.0. The molecule has 1 aromatic carbocycles. The van der Waals surface area contributed by atoms with Gasteiger partial charge in [-0.15, -0.1) is 0 Å². The third-order valence-electron chi connectivity index (χ3n) is 2.64. The SMILES string of the molecule is Cc1ccc(O)c(CNc2ccccc2OC(F)F)n1. The van der Waals surface area contributed by atoms with Gasteiger partial charge in [-0.3, -0.25) is 4.98 Å². The maximum absolute atomic E-state index is 12.3. The zero-order valence-electron chi connectivity index (χ0n) is 10.8. The lowest BCUT2D eigenvalue weighted by Gasteiger charge is -2.13. The highest BCUT2D eigenvalue weighted by molar-refractivity contribution is 5.56. The molecule has 4 nitrogen and oxygen atoms in total. The minimum absolute atomic E-state index is 0.0506. The van der Waals surface area contributed by atoms with Crippen molar-refractivity contribution in [3.8, 4) is 11.5 Å². The van der Waals surface area contributed by atoms with Gasteiger partial charge in [-0.1, -0.05) is 12.1 Å². The molecule has 0 aliphatic heterocycles. The molecular weight excluding hydrogens is 266 g/mol. The second-order valence-corrected chi connectivity index (χ2v) is 4.15. The lowest BCUT2D eigenvalue weighted by molar-refractivity contribution is -0.0493. The largest absolute Gasteiger partial charge is 0.506 e. The summed E-state index contributed by atoms with van der Waals surface area (Å²) in [5.41, 5.74) is 1.61. The molecule has 0 atom stereocenters. The Hall–Kier alpha value is -2.37. The monoisotopic (exact) mass is 280 g/mol. The van der Waals surface area contributed by atoms with Crippen LogP contribution in [-0.4, -0.2) is 16.7 Å². The molecule has 20 heavy (non-hydrogen) atoms. The summed E-state index contributed by atoms with van der Waals surface area (Å²) in [6.07, 6.45) is 0. The van der Waals surface area contributed by atoms with E-state index in [9.17, 15) is 13.9 Å². The Labute approximate surface area is 115 Å². The Morgan fingerprint density at radius 2 is 2.00 bits per heavy atom. The molecule has 0 aliphatic carbocycles. The molecule has 0 bridgehead atoms. The standard InChI is InChI=1S/C14H14F2N2O2/c1-9-6-7-12(19)11(18-9)8-17-10-4-2-3-5-13(10)20-14(15)16/h2-7,14,17,19H,8H2,1H3. The fraction of sp³-hybridized carbons (Fsp3) is 0.214. The lowest BCUT2D eigenvalue weighted by Crippen LogP contribution is -2.07. The van der Waals surface area contributed by atoms with Crippen LogP contribution in [0.15, 0.2) is 36.4 Å². The number of aromatic hydroxyl groups is 1. The number of nitrogens with one attached hydrogen (secondary N) is 1. The normalized spacial score (nSPS) is 10.6. The van der Waals surface area contributed by atoms with Crippen molar-refractivity contribution in [3.05, 3.63) is 47.8 Å². The molecule has 106 valence electrons. The van der Waals surface area contributed by atoms with Gasteiger partial charge in [-0.2, -0.15) is 8.78 Å². The molecule has 0 unspecified atom stereocenters. The van der Waals surface area contributed by atoms with Crippen LogP contribution < -0.4 is 10.1 Å². The van der Waals surface area contributed by atoms with Crippen LogP contribution >= 0.6 is 0 Å². The van der Waals surface area contributed by atoms with Crippen molar-refractivity contribution in [3.63, 3.8) is 0 Å². The molecular formula is C14H14F2N2O2. The number of pyridine rings is 1. The number of aryl methyl sites for hydroxylation is 1. The van der Waals surface area contributed by atoms with Crippen molar-refractivity contribution in [1.29, 1.82) is 0 Å². The molecule has 0 spiro atoms. The lowest BCUT2D eigenvalue weighted by atomic mass is 10.2. The van der Waals surface area contributed by atoms with Gasteiger partial charge in [0.1, 0.15) is 17.2 Å². The van der Waals surface area contributed by atoms with Crippen LogP contribution in [0.4, 0.5) is 14.5 Å². The summed E-state index contributed by atoms with van der Waals surface area (Å²) >= 11 is 0. The highest BCUT2D eigenvalue weighted by Crippen LogP contribution is 2.26. The maximum Gasteiger partial charge on any atom is 0.387 e. The first-order chi connectivity index (χ1) is 9.56. The molecule has 6 heteroatoms. The Balaban J connectivity index is 2.12. The molecule has 2 N–H and O–H groups in total. The van der Waals surface area contributed by atoms with Crippen LogP contribution in [0.25, 0.3) is 0 Å². The third kappa shape index (κ3) is 3.57. The second kappa shape index (κ2) is 6.18. The number of nitrogens with zero attached hydrogens (tertiary/aromatic N) is 1. The van der Waals surface area contributed by atoms with E-state index in [1.807, 2.05) is 0 Å². The average Bonchev–Trinajstić information content (AvgIpc) is 2.41. The topological polar surface area (TPSA) is 54.4 Å². The Morgan fingerprint density at radius 3 is 2.75 bits per heavy atom. The van der Waals surface area contributed by atoms with Crippen LogP contribution in [0.2, 0.25) is 0 Å². The van der Waals surface area contributed by atoms with Gasteiger partial charge in [0.25, 0.3) is 0 Å². The van der Waals surface area contributed by atoms with Crippen LogP contribution in [0.1, 0.15) is 11.4 Å². The highest BCUT2D eigenvalue weighted by Gasteiger charge is 2.10. The van der Waals surface area contributed by atoms with Gasteiger partial charge in [0.2, 0.25) is 0 Å². The first-order valence-corrected chi connectivity index (χ1v) is 5.99. The summed E-state index contributed by atoms with van der Waals surface area (Å²) < 4.78 is 29.0. The van der Waals surface area contributed by atoms with Gasteiger partial charge < -0.3 is 15.2 Å². The van der Waals surface area contributed by atoms with Gasteiger partial charge in [0.05, 0.1) is 12.2 Å². The van der Waals surface area contributed by atoms with Crippen molar-refractivity contribution in [2.45, 2.75) is 20.1 Å². The van der Waals surface area contributed by atoms with E-state index in [-0.39, 0.29) is 18.0 Å². The average molecular weight is 280 g/mol. The van der Waals surface area contributed by atoms with Crippen LogP contribution in [0.3, 0.4) is 0 Å². The molecule has 0 amide bonds. The van der Waals surface area contributed by atoms with Crippen molar-refractivity contribution in [2.75, 3.05) is 5.32 Å². The predicted molar refractivity (Wildman–Crippen MR) is 71.0 cm³/mol. The number of rotatable bonds is 5. The summed E-state index contributed by atoms with van der Waals surface area (Å²) in [6, 6.07) is 9.59. The molecule has 0 fully saturated rings. The molecule has 1 aromatic heterocycles. The zero-order valence-corrected chi connectivity index (χ0v) is 10.8. The Bertz CT molecular complexity index is 591. The number of ether oxygens (including phenoxy) is 1. The maximum atomic E-state index is 12.3. The van der Waals surface area contributed by atoms with Crippen molar-refractivity contribution >= 4 is 5.69 Å². The van der Waals surface area contributed by atoms with E-state index in [4.69, 9.17) is 0 Å². The summed E-state index contributed by atoms with van der Waals surface area (Å²) in [7, 11) is 0. The molecule has 0 saturated carbocycles. The first-order valence-electron chi connectivity index (χ1n) is 5.99. The van der Waals surface area contributed by atoms with E-state index >= 15 is 0 Å². The fourth-order valence-electron chi connectivity index (χ4n) is 1.72. The number of alkyl halides is 2.